The molecule has 0 N–H and O–H groups in total. The first-order chi connectivity index (χ1) is 9.76. The van der Waals surface area contributed by atoms with Crippen molar-refractivity contribution in [2.45, 2.75) is 45.4 Å². The second-order valence-electron chi connectivity index (χ2n) is 6.28. The van der Waals surface area contributed by atoms with Crippen LogP contribution in [0, 0.1) is 5.41 Å². The number of nitrogens with zero attached hydrogens (tertiary/aromatic N) is 2. The highest BCUT2D eigenvalue weighted by molar-refractivity contribution is 5.84. The van der Waals surface area contributed by atoms with E-state index in [1.807, 2.05) is 0 Å². The molecule has 4 nitrogen and oxygen atoms in total. The molecule has 2 fully saturated rings. The number of likely N-dealkylation sites (tertiary alicyclic amines) is 1. The van der Waals surface area contributed by atoms with E-state index >= 15 is 0 Å². The van der Waals surface area contributed by atoms with Crippen LogP contribution in [-0.4, -0.2) is 44.1 Å². The smallest absolute Gasteiger partial charge is 0.117 e. The zero-order chi connectivity index (χ0) is 14.0. The van der Waals surface area contributed by atoms with Crippen molar-refractivity contribution in [3.63, 3.8) is 0 Å². The fourth-order valence-electron chi connectivity index (χ4n) is 3.63. The molecule has 0 saturated carbocycles. The monoisotopic (exact) mass is 278 g/mol. The van der Waals surface area contributed by atoms with Crippen LogP contribution in [0.5, 0.6) is 0 Å². The molecule has 4 heteroatoms. The molecule has 1 aliphatic carbocycles. The van der Waals surface area contributed by atoms with E-state index in [4.69, 9.17) is 14.5 Å². The Morgan fingerprint density at radius 3 is 2.70 bits per heavy atom. The highest BCUT2D eigenvalue weighted by Crippen LogP contribution is 2.40. The molecular weight excluding hydrogens is 252 g/mol. The molecule has 3 rings (SSSR count). The van der Waals surface area contributed by atoms with E-state index in [1.165, 1.54) is 43.9 Å². The molecule has 2 saturated heterocycles. The van der Waals surface area contributed by atoms with Gasteiger partial charge in [0.25, 0.3) is 0 Å². The average molecular weight is 278 g/mol. The first kappa shape index (κ1) is 13.9. The predicted molar refractivity (Wildman–Crippen MR) is 79.7 cm³/mol. The normalized spacial score (nSPS) is 26.1. The standard InChI is InChI=1S/C16H26N2O2/c1-3-15(17-13-5-4-6-14(13)19-2)18-11-16(12-18)7-9-20-10-8-16/h3-12H2,1-2H3. The van der Waals surface area contributed by atoms with Crippen LogP contribution in [-0.2, 0) is 9.47 Å². The van der Waals surface area contributed by atoms with Gasteiger partial charge in [-0.25, -0.2) is 4.99 Å². The maximum atomic E-state index is 5.49. The molecule has 2 aliphatic heterocycles. The van der Waals surface area contributed by atoms with Crippen molar-refractivity contribution >= 4 is 5.84 Å². The lowest BCUT2D eigenvalue weighted by Crippen LogP contribution is -2.60. The topological polar surface area (TPSA) is 34.1 Å². The van der Waals surface area contributed by atoms with Crippen molar-refractivity contribution in [1.29, 1.82) is 0 Å². The van der Waals surface area contributed by atoms with Gasteiger partial charge in [0.15, 0.2) is 0 Å². The molecule has 2 heterocycles. The molecule has 0 atom stereocenters. The van der Waals surface area contributed by atoms with Crippen LogP contribution in [0.4, 0.5) is 0 Å². The van der Waals surface area contributed by atoms with Crippen molar-refractivity contribution in [3.8, 4) is 0 Å². The van der Waals surface area contributed by atoms with Gasteiger partial charge in [0, 0.05) is 44.6 Å². The van der Waals surface area contributed by atoms with Crippen molar-refractivity contribution in [2.24, 2.45) is 10.4 Å². The minimum atomic E-state index is 0.516. The van der Waals surface area contributed by atoms with Crippen LogP contribution in [0.25, 0.3) is 0 Å². The van der Waals surface area contributed by atoms with Gasteiger partial charge in [-0.3, -0.25) is 0 Å². The van der Waals surface area contributed by atoms with Crippen LogP contribution in [0.2, 0.25) is 0 Å². The minimum Gasteiger partial charge on any atom is -0.499 e. The molecule has 0 aromatic rings. The Labute approximate surface area is 121 Å². The van der Waals surface area contributed by atoms with E-state index in [9.17, 15) is 0 Å². The van der Waals surface area contributed by atoms with Gasteiger partial charge in [0.1, 0.15) is 11.6 Å². The Balaban J connectivity index is 1.66. The van der Waals surface area contributed by atoms with Gasteiger partial charge in [0.05, 0.1) is 12.8 Å². The summed E-state index contributed by atoms with van der Waals surface area (Å²) in [6, 6.07) is 0. The second kappa shape index (κ2) is 5.76. The van der Waals surface area contributed by atoms with Crippen molar-refractivity contribution in [2.75, 3.05) is 33.4 Å². The van der Waals surface area contributed by atoms with E-state index in [1.54, 1.807) is 7.11 Å². The van der Waals surface area contributed by atoms with E-state index < -0.39 is 0 Å². The lowest BCUT2D eigenvalue weighted by molar-refractivity contribution is -0.0536. The molecular formula is C16H26N2O2. The number of allylic oxidation sites excluding steroid dienone is 2. The minimum absolute atomic E-state index is 0.516. The molecule has 0 aromatic heterocycles. The fourth-order valence-corrected chi connectivity index (χ4v) is 3.63. The molecule has 0 unspecified atom stereocenters. The average Bonchev–Trinajstić information content (AvgIpc) is 2.90. The third-order valence-corrected chi connectivity index (χ3v) is 4.94. The molecule has 112 valence electrons. The van der Waals surface area contributed by atoms with Gasteiger partial charge < -0.3 is 14.4 Å². The molecule has 0 aromatic carbocycles. The Hall–Kier alpha value is -1.03. The summed E-state index contributed by atoms with van der Waals surface area (Å²) in [4.78, 5) is 7.37. The zero-order valence-corrected chi connectivity index (χ0v) is 12.8. The maximum absolute atomic E-state index is 5.49. The molecule has 0 radical (unpaired) electrons. The SMILES string of the molecule is CCC(=NC1=C(OC)CCC1)N1CC2(CCOCC2)C1. The Morgan fingerprint density at radius 1 is 1.30 bits per heavy atom. The summed E-state index contributed by atoms with van der Waals surface area (Å²) < 4.78 is 10.9. The van der Waals surface area contributed by atoms with Gasteiger partial charge in [-0.15, -0.1) is 0 Å². The first-order valence-corrected chi connectivity index (χ1v) is 7.92. The van der Waals surface area contributed by atoms with Gasteiger partial charge >= 0.3 is 0 Å². The molecule has 1 spiro atoms. The van der Waals surface area contributed by atoms with Crippen LogP contribution in [0.1, 0.15) is 45.4 Å². The quantitative estimate of drug-likeness (QED) is 0.588. The number of aliphatic imine (C=N–C) groups is 1. The number of ether oxygens (including phenoxy) is 2. The van der Waals surface area contributed by atoms with E-state index in [2.05, 4.69) is 11.8 Å². The Morgan fingerprint density at radius 2 is 2.05 bits per heavy atom. The van der Waals surface area contributed by atoms with E-state index in [0.717, 1.165) is 38.2 Å². The van der Waals surface area contributed by atoms with Gasteiger partial charge in [-0.05, 0) is 25.7 Å². The fraction of sp³-hybridized carbons (Fsp3) is 0.812. The van der Waals surface area contributed by atoms with Gasteiger partial charge in [0.2, 0.25) is 0 Å². The van der Waals surface area contributed by atoms with Crippen molar-refractivity contribution in [3.05, 3.63) is 11.5 Å². The highest BCUT2D eigenvalue weighted by Gasteiger charge is 2.44. The summed E-state index contributed by atoms with van der Waals surface area (Å²) in [6.07, 6.45) is 6.74. The van der Waals surface area contributed by atoms with Crippen LogP contribution >= 0.6 is 0 Å². The highest BCUT2D eigenvalue weighted by atomic mass is 16.5. The third-order valence-electron chi connectivity index (χ3n) is 4.94. The van der Waals surface area contributed by atoms with Crippen molar-refractivity contribution in [1.82, 2.24) is 4.90 Å². The summed E-state index contributed by atoms with van der Waals surface area (Å²) in [5, 5.41) is 0. The largest absolute Gasteiger partial charge is 0.499 e. The summed E-state index contributed by atoms with van der Waals surface area (Å²) in [5.74, 6) is 2.34. The third kappa shape index (κ3) is 2.58. The zero-order valence-electron chi connectivity index (χ0n) is 12.8. The van der Waals surface area contributed by atoms with Gasteiger partial charge in [-0.2, -0.15) is 0 Å². The lowest BCUT2D eigenvalue weighted by atomic mass is 9.73. The molecule has 3 aliphatic rings. The van der Waals surface area contributed by atoms with Gasteiger partial charge in [-0.1, -0.05) is 6.92 Å². The summed E-state index contributed by atoms with van der Waals surface area (Å²) >= 11 is 0. The number of amidine groups is 1. The Bertz CT molecular complexity index is 414. The molecule has 20 heavy (non-hydrogen) atoms. The predicted octanol–water partition coefficient (Wildman–Crippen LogP) is 2.95. The second-order valence-corrected chi connectivity index (χ2v) is 6.28. The number of hydrogen-bond donors (Lipinski definition) is 0. The van der Waals surface area contributed by atoms with E-state index in [0.29, 0.717) is 5.41 Å². The van der Waals surface area contributed by atoms with E-state index in [-0.39, 0.29) is 0 Å². The number of methoxy groups -OCH3 is 1. The summed E-state index contributed by atoms with van der Waals surface area (Å²) in [5.41, 5.74) is 1.69. The maximum Gasteiger partial charge on any atom is 0.117 e. The molecule has 0 bridgehead atoms. The first-order valence-electron chi connectivity index (χ1n) is 7.92. The number of rotatable bonds is 3. The lowest BCUT2D eigenvalue weighted by Gasteiger charge is -2.53. The van der Waals surface area contributed by atoms with Crippen LogP contribution in [0.15, 0.2) is 16.4 Å². The summed E-state index contributed by atoms with van der Waals surface area (Å²) in [6.45, 7) is 6.41. The Kier molecular flexibility index (Phi) is 4.01. The van der Waals surface area contributed by atoms with Crippen molar-refractivity contribution < 1.29 is 9.47 Å². The van der Waals surface area contributed by atoms with Crippen LogP contribution in [0.3, 0.4) is 0 Å². The van der Waals surface area contributed by atoms with Crippen LogP contribution < -0.4 is 0 Å². The summed E-state index contributed by atoms with van der Waals surface area (Å²) in [7, 11) is 1.77. The number of hydrogen-bond acceptors (Lipinski definition) is 3. The molecule has 0 amide bonds.